The SMILES string of the molecule is CN(C)S(=O)(=O)N[C@H](/C=C/[C@H](Cc1ccccc1)NS(=O)(=O)N(C)C)Cc1ccccc1. The molecule has 2 aromatic rings. The fraction of sp³-hybridized carbons (Fsp3) is 0.364. The van der Waals surface area contributed by atoms with Crippen molar-refractivity contribution in [1.29, 1.82) is 0 Å². The van der Waals surface area contributed by atoms with Crippen LogP contribution in [0.4, 0.5) is 0 Å². The molecule has 2 atom stereocenters. The molecule has 0 unspecified atom stereocenters. The van der Waals surface area contributed by atoms with Crippen molar-refractivity contribution in [3.8, 4) is 0 Å². The molecule has 0 heterocycles. The van der Waals surface area contributed by atoms with Gasteiger partial charge in [-0.3, -0.25) is 0 Å². The van der Waals surface area contributed by atoms with Crippen molar-refractivity contribution < 1.29 is 16.8 Å². The van der Waals surface area contributed by atoms with E-state index >= 15 is 0 Å². The first kappa shape index (κ1) is 26.2. The van der Waals surface area contributed by atoms with Gasteiger partial charge < -0.3 is 0 Å². The van der Waals surface area contributed by atoms with Crippen LogP contribution in [0.5, 0.6) is 0 Å². The van der Waals surface area contributed by atoms with E-state index in [2.05, 4.69) is 9.44 Å². The molecule has 0 aliphatic rings. The first-order valence-corrected chi connectivity index (χ1v) is 13.0. The average molecular weight is 481 g/mol. The van der Waals surface area contributed by atoms with Crippen LogP contribution >= 0.6 is 0 Å². The second kappa shape index (κ2) is 11.7. The number of nitrogens with one attached hydrogen (secondary N) is 2. The first-order chi connectivity index (χ1) is 15.0. The molecule has 2 rings (SSSR count). The van der Waals surface area contributed by atoms with Crippen LogP contribution in [-0.4, -0.2) is 65.7 Å². The molecule has 2 N–H and O–H groups in total. The summed E-state index contributed by atoms with van der Waals surface area (Å²) in [5, 5.41) is 0. The zero-order valence-electron chi connectivity index (χ0n) is 18.8. The fourth-order valence-corrected chi connectivity index (χ4v) is 4.41. The van der Waals surface area contributed by atoms with Crippen molar-refractivity contribution >= 4 is 20.4 Å². The lowest BCUT2D eigenvalue weighted by Gasteiger charge is -2.21. The maximum atomic E-state index is 12.4. The first-order valence-electron chi connectivity index (χ1n) is 10.2. The van der Waals surface area contributed by atoms with Gasteiger partial charge in [-0.2, -0.15) is 34.9 Å². The molecule has 0 aromatic heterocycles. The lowest BCUT2D eigenvalue weighted by Crippen LogP contribution is -2.44. The van der Waals surface area contributed by atoms with Crippen molar-refractivity contribution in [3.63, 3.8) is 0 Å². The number of hydrogen-bond donors (Lipinski definition) is 2. The monoisotopic (exact) mass is 480 g/mol. The van der Waals surface area contributed by atoms with Gasteiger partial charge in [-0.25, -0.2) is 0 Å². The molecule has 0 amide bonds. The van der Waals surface area contributed by atoms with E-state index < -0.39 is 32.5 Å². The quantitative estimate of drug-likeness (QED) is 0.451. The van der Waals surface area contributed by atoms with Gasteiger partial charge in [-0.15, -0.1) is 0 Å². The molecule has 0 radical (unpaired) electrons. The summed E-state index contributed by atoms with van der Waals surface area (Å²) in [6.07, 6.45) is 4.26. The second-order valence-corrected chi connectivity index (χ2v) is 11.6. The Hall–Kier alpha value is -2.08. The zero-order valence-corrected chi connectivity index (χ0v) is 20.5. The number of rotatable bonds is 12. The van der Waals surface area contributed by atoms with Crippen molar-refractivity contribution in [1.82, 2.24) is 18.1 Å². The van der Waals surface area contributed by atoms with Crippen LogP contribution in [0.2, 0.25) is 0 Å². The molecule has 0 spiro atoms. The van der Waals surface area contributed by atoms with Crippen molar-refractivity contribution in [2.45, 2.75) is 24.9 Å². The van der Waals surface area contributed by atoms with Crippen LogP contribution in [0.15, 0.2) is 72.8 Å². The Morgan fingerprint density at radius 2 is 0.969 bits per heavy atom. The molecule has 0 aliphatic heterocycles. The minimum absolute atomic E-state index is 0.420. The Morgan fingerprint density at radius 1 is 0.656 bits per heavy atom. The Bertz CT molecular complexity index is 984. The molecule has 2 aromatic carbocycles. The molecule has 8 nitrogen and oxygen atoms in total. The van der Waals surface area contributed by atoms with Gasteiger partial charge in [-0.05, 0) is 24.0 Å². The fourth-order valence-electron chi connectivity index (χ4n) is 2.90. The zero-order chi connectivity index (χ0) is 23.8. The number of hydrogen-bond acceptors (Lipinski definition) is 4. The van der Waals surface area contributed by atoms with E-state index in [1.54, 1.807) is 12.2 Å². The molecule has 0 bridgehead atoms. The topological polar surface area (TPSA) is 98.8 Å². The predicted octanol–water partition coefficient (Wildman–Crippen LogP) is 1.56. The van der Waals surface area contributed by atoms with E-state index in [0.29, 0.717) is 12.8 Å². The summed E-state index contributed by atoms with van der Waals surface area (Å²) in [5.74, 6) is 0. The third-order valence-electron chi connectivity index (χ3n) is 4.73. The van der Waals surface area contributed by atoms with Gasteiger partial charge in [0.2, 0.25) is 0 Å². The standard InChI is InChI=1S/C22H32N4O4S2/c1-25(2)31(27,28)23-21(17-19-11-7-5-8-12-19)15-16-22(24-32(29,30)26(3)4)18-20-13-9-6-10-14-20/h5-16,21-24H,17-18H2,1-4H3/b16-15+/t21-,22-/m1/s1. The molecule has 0 aliphatic carbocycles. The van der Waals surface area contributed by atoms with E-state index in [-0.39, 0.29) is 0 Å². The minimum atomic E-state index is -3.69. The number of benzene rings is 2. The summed E-state index contributed by atoms with van der Waals surface area (Å²) in [4.78, 5) is 0. The maximum Gasteiger partial charge on any atom is 0.279 e. The molecule has 0 fully saturated rings. The normalized spacial score (nSPS) is 14.8. The Labute approximate surface area is 192 Å². The molecule has 176 valence electrons. The van der Waals surface area contributed by atoms with Crippen LogP contribution in [0, 0.1) is 0 Å². The molecule has 10 heteroatoms. The molecule has 0 saturated heterocycles. The van der Waals surface area contributed by atoms with Crippen LogP contribution < -0.4 is 9.44 Å². The summed E-state index contributed by atoms with van der Waals surface area (Å²) in [6.45, 7) is 0. The average Bonchev–Trinajstić information content (AvgIpc) is 2.72. The second-order valence-electron chi connectivity index (χ2n) is 7.79. The predicted molar refractivity (Wildman–Crippen MR) is 128 cm³/mol. The van der Waals surface area contributed by atoms with Crippen molar-refractivity contribution in [3.05, 3.63) is 83.9 Å². The van der Waals surface area contributed by atoms with E-state index in [1.165, 1.54) is 28.2 Å². The highest BCUT2D eigenvalue weighted by Crippen LogP contribution is 2.10. The van der Waals surface area contributed by atoms with E-state index in [9.17, 15) is 16.8 Å². The Balaban J connectivity index is 2.32. The van der Waals surface area contributed by atoms with E-state index in [4.69, 9.17) is 0 Å². The lowest BCUT2D eigenvalue weighted by atomic mass is 10.0. The number of nitrogens with zero attached hydrogens (tertiary/aromatic N) is 2. The van der Waals surface area contributed by atoms with Crippen molar-refractivity contribution in [2.75, 3.05) is 28.2 Å². The minimum Gasteiger partial charge on any atom is -0.195 e. The molecule has 32 heavy (non-hydrogen) atoms. The Morgan fingerprint density at radius 3 is 1.25 bits per heavy atom. The lowest BCUT2D eigenvalue weighted by molar-refractivity contribution is 0.493. The third kappa shape index (κ3) is 8.45. The Kier molecular flexibility index (Phi) is 9.56. The van der Waals surface area contributed by atoms with Gasteiger partial charge >= 0.3 is 0 Å². The van der Waals surface area contributed by atoms with Crippen molar-refractivity contribution in [2.24, 2.45) is 0 Å². The van der Waals surface area contributed by atoms with Crippen LogP contribution in [0.3, 0.4) is 0 Å². The van der Waals surface area contributed by atoms with Gasteiger partial charge in [0.25, 0.3) is 20.4 Å². The van der Waals surface area contributed by atoms with Gasteiger partial charge in [0.05, 0.1) is 0 Å². The molecular weight excluding hydrogens is 448 g/mol. The summed E-state index contributed by atoms with van der Waals surface area (Å²) in [6, 6.07) is 17.9. The van der Waals surface area contributed by atoms with Crippen LogP contribution in [-0.2, 0) is 33.3 Å². The van der Waals surface area contributed by atoms with Gasteiger partial charge in [0.1, 0.15) is 0 Å². The van der Waals surface area contributed by atoms with Gasteiger partial charge in [-0.1, -0.05) is 72.8 Å². The summed E-state index contributed by atoms with van der Waals surface area (Å²) in [7, 11) is -1.56. The van der Waals surface area contributed by atoms with Gasteiger partial charge in [0, 0.05) is 40.3 Å². The summed E-state index contributed by atoms with van der Waals surface area (Å²) < 4.78 is 57.3. The highest BCUT2D eigenvalue weighted by Gasteiger charge is 2.21. The van der Waals surface area contributed by atoms with E-state index in [0.717, 1.165) is 19.7 Å². The van der Waals surface area contributed by atoms with Crippen LogP contribution in [0.25, 0.3) is 0 Å². The van der Waals surface area contributed by atoms with Crippen LogP contribution in [0.1, 0.15) is 11.1 Å². The maximum absolute atomic E-state index is 12.4. The highest BCUT2D eigenvalue weighted by molar-refractivity contribution is 7.87. The van der Waals surface area contributed by atoms with E-state index in [1.807, 2.05) is 60.7 Å². The third-order valence-corrected chi connectivity index (χ3v) is 7.86. The van der Waals surface area contributed by atoms with Gasteiger partial charge in [0.15, 0.2) is 0 Å². The summed E-state index contributed by atoms with van der Waals surface area (Å²) >= 11 is 0. The largest absolute Gasteiger partial charge is 0.279 e. The molecule has 0 saturated carbocycles. The summed E-state index contributed by atoms with van der Waals surface area (Å²) in [5.41, 5.74) is 1.91. The highest BCUT2D eigenvalue weighted by atomic mass is 32.2. The smallest absolute Gasteiger partial charge is 0.195 e. The molecular formula is C22H32N4O4S2.